The Morgan fingerprint density at radius 1 is 1.16 bits per heavy atom. The molecule has 2 heterocycles. The maximum absolute atomic E-state index is 13.4. The minimum atomic E-state index is -1.25. The maximum Gasteiger partial charge on any atom is 0.341 e. The third-order valence-electron chi connectivity index (χ3n) is 6.12. The van der Waals surface area contributed by atoms with Gasteiger partial charge in [0.05, 0.1) is 12.1 Å². The molecule has 0 saturated heterocycles. The first-order chi connectivity index (χ1) is 15.0. The lowest BCUT2D eigenvalue weighted by Gasteiger charge is -2.20. The number of benzene rings is 2. The standard InChI is InChI=1S/C24H21NO5S/c1-30-24(29)18-12-31-22-19(14-9-10-14)17(20(23(27)28)21(26)25(18)22)11-15-7-4-6-13-5-2-3-8-16(13)15/h2-8,14,18H,9-12H2,1H3,(H,27,28)/t18-/m0/s1. The van der Waals surface area contributed by atoms with Crippen molar-refractivity contribution in [3.05, 3.63) is 75.1 Å². The van der Waals surface area contributed by atoms with E-state index in [4.69, 9.17) is 4.74 Å². The van der Waals surface area contributed by atoms with E-state index in [0.29, 0.717) is 17.7 Å². The number of carbonyl (C=O) groups excluding carboxylic acids is 1. The van der Waals surface area contributed by atoms with Gasteiger partial charge in [0.15, 0.2) is 0 Å². The Bertz CT molecular complexity index is 1290. The van der Waals surface area contributed by atoms with Crippen molar-refractivity contribution in [2.75, 3.05) is 12.9 Å². The molecule has 1 aromatic heterocycles. The van der Waals surface area contributed by atoms with Crippen molar-refractivity contribution in [2.45, 2.75) is 36.2 Å². The van der Waals surface area contributed by atoms with E-state index in [9.17, 15) is 19.5 Å². The number of thioether (sulfide) groups is 1. The molecule has 7 heteroatoms. The molecule has 31 heavy (non-hydrogen) atoms. The van der Waals surface area contributed by atoms with Gasteiger partial charge in [0.25, 0.3) is 5.56 Å². The van der Waals surface area contributed by atoms with Crippen LogP contribution in [0.1, 0.15) is 51.8 Å². The highest BCUT2D eigenvalue weighted by Crippen LogP contribution is 2.49. The number of methoxy groups -OCH3 is 1. The molecule has 1 N–H and O–H groups in total. The number of carbonyl (C=O) groups is 2. The lowest BCUT2D eigenvalue weighted by molar-refractivity contribution is -0.143. The molecule has 1 aliphatic carbocycles. The van der Waals surface area contributed by atoms with E-state index in [0.717, 1.165) is 39.8 Å². The molecule has 0 amide bonds. The summed E-state index contributed by atoms with van der Waals surface area (Å²) in [4.78, 5) is 38.0. The molecule has 3 aromatic rings. The quantitative estimate of drug-likeness (QED) is 0.610. The molecule has 1 aliphatic heterocycles. The molecule has 1 saturated carbocycles. The largest absolute Gasteiger partial charge is 0.477 e. The van der Waals surface area contributed by atoms with Crippen LogP contribution in [0.3, 0.4) is 0 Å². The number of nitrogens with zero attached hydrogens (tertiary/aromatic N) is 1. The molecular weight excluding hydrogens is 414 g/mol. The molecule has 0 bridgehead atoms. The number of esters is 1. The van der Waals surface area contributed by atoms with Gasteiger partial charge in [-0.3, -0.25) is 9.36 Å². The van der Waals surface area contributed by atoms with Gasteiger partial charge >= 0.3 is 11.9 Å². The number of hydrogen-bond acceptors (Lipinski definition) is 5. The van der Waals surface area contributed by atoms with Gasteiger partial charge in [-0.1, -0.05) is 42.5 Å². The number of ether oxygens (including phenoxy) is 1. The Balaban J connectivity index is 1.76. The lowest BCUT2D eigenvalue weighted by Crippen LogP contribution is -2.35. The van der Waals surface area contributed by atoms with Gasteiger partial charge in [-0.15, -0.1) is 11.8 Å². The summed E-state index contributed by atoms with van der Waals surface area (Å²) >= 11 is 1.45. The fourth-order valence-corrected chi connectivity index (χ4v) is 5.94. The highest BCUT2D eigenvalue weighted by atomic mass is 32.2. The molecule has 0 unspecified atom stereocenters. The summed E-state index contributed by atoms with van der Waals surface area (Å²) in [6, 6.07) is 13.1. The number of pyridine rings is 1. The smallest absolute Gasteiger partial charge is 0.341 e. The Kier molecular flexibility index (Phi) is 4.85. The van der Waals surface area contributed by atoms with Gasteiger partial charge < -0.3 is 9.84 Å². The van der Waals surface area contributed by atoms with Crippen LogP contribution in [0.4, 0.5) is 0 Å². The summed E-state index contributed by atoms with van der Waals surface area (Å²) in [5.74, 6) is -1.18. The van der Waals surface area contributed by atoms with Crippen molar-refractivity contribution in [1.82, 2.24) is 4.57 Å². The number of rotatable bonds is 5. The van der Waals surface area contributed by atoms with Crippen LogP contribution in [-0.2, 0) is 16.0 Å². The fourth-order valence-electron chi connectivity index (χ4n) is 4.54. The van der Waals surface area contributed by atoms with Gasteiger partial charge in [0, 0.05) is 5.75 Å². The zero-order valence-electron chi connectivity index (χ0n) is 17.0. The number of fused-ring (bicyclic) bond motifs is 2. The van der Waals surface area contributed by atoms with Crippen LogP contribution >= 0.6 is 11.8 Å². The summed E-state index contributed by atoms with van der Waals surface area (Å²) in [7, 11) is 1.28. The topological polar surface area (TPSA) is 85.6 Å². The predicted octanol–water partition coefficient (Wildman–Crippen LogP) is 3.99. The molecular formula is C24H21NO5S. The van der Waals surface area contributed by atoms with Gasteiger partial charge in [-0.05, 0) is 52.6 Å². The van der Waals surface area contributed by atoms with Crippen molar-refractivity contribution >= 4 is 34.5 Å². The minimum absolute atomic E-state index is 0.217. The molecule has 1 fully saturated rings. The Morgan fingerprint density at radius 2 is 1.90 bits per heavy atom. The van der Waals surface area contributed by atoms with E-state index in [2.05, 4.69) is 0 Å². The Hall–Kier alpha value is -3.06. The third kappa shape index (κ3) is 3.24. The average molecular weight is 436 g/mol. The van der Waals surface area contributed by atoms with Crippen molar-refractivity contribution in [2.24, 2.45) is 0 Å². The summed E-state index contributed by atoms with van der Waals surface area (Å²) < 4.78 is 6.24. The fraction of sp³-hybridized carbons (Fsp3) is 0.292. The van der Waals surface area contributed by atoms with E-state index in [1.807, 2.05) is 42.5 Å². The van der Waals surface area contributed by atoms with Gasteiger partial charge in [0.2, 0.25) is 0 Å². The summed E-state index contributed by atoms with van der Waals surface area (Å²) in [5.41, 5.74) is 1.64. The second-order valence-electron chi connectivity index (χ2n) is 7.99. The Labute approximate surface area is 182 Å². The average Bonchev–Trinajstić information content (AvgIpc) is 3.50. The number of carboxylic acid groups (broad SMARTS) is 1. The summed E-state index contributed by atoms with van der Waals surface area (Å²) in [6.45, 7) is 0. The monoisotopic (exact) mass is 435 g/mol. The molecule has 5 rings (SSSR count). The van der Waals surface area contributed by atoms with Crippen molar-refractivity contribution in [3.8, 4) is 0 Å². The van der Waals surface area contributed by atoms with Crippen molar-refractivity contribution < 1.29 is 19.4 Å². The van der Waals surface area contributed by atoms with E-state index >= 15 is 0 Å². The zero-order chi connectivity index (χ0) is 21.7. The second kappa shape index (κ2) is 7.57. The highest BCUT2D eigenvalue weighted by Gasteiger charge is 2.41. The number of aromatic carboxylic acids is 1. The second-order valence-corrected chi connectivity index (χ2v) is 9.00. The third-order valence-corrected chi connectivity index (χ3v) is 7.29. The predicted molar refractivity (Wildman–Crippen MR) is 118 cm³/mol. The molecule has 2 aliphatic rings. The van der Waals surface area contributed by atoms with Crippen LogP contribution in [0.25, 0.3) is 10.8 Å². The highest BCUT2D eigenvalue weighted by molar-refractivity contribution is 7.99. The van der Waals surface area contributed by atoms with Gasteiger partial charge in [0.1, 0.15) is 11.6 Å². The van der Waals surface area contributed by atoms with Gasteiger partial charge in [-0.25, -0.2) is 9.59 Å². The summed E-state index contributed by atoms with van der Waals surface area (Å²) in [5, 5.41) is 12.9. The first-order valence-corrected chi connectivity index (χ1v) is 11.2. The van der Waals surface area contributed by atoms with Crippen molar-refractivity contribution in [1.29, 1.82) is 0 Å². The zero-order valence-corrected chi connectivity index (χ0v) is 17.8. The van der Waals surface area contributed by atoms with Crippen LogP contribution in [0, 0.1) is 0 Å². The van der Waals surface area contributed by atoms with Crippen LogP contribution in [0.5, 0.6) is 0 Å². The van der Waals surface area contributed by atoms with E-state index in [1.165, 1.54) is 23.4 Å². The molecule has 1 atom stereocenters. The number of carboxylic acids is 1. The minimum Gasteiger partial charge on any atom is -0.477 e. The Morgan fingerprint density at radius 3 is 2.61 bits per heavy atom. The molecule has 158 valence electrons. The molecule has 0 radical (unpaired) electrons. The molecule has 0 spiro atoms. The summed E-state index contributed by atoms with van der Waals surface area (Å²) in [6.07, 6.45) is 2.27. The maximum atomic E-state index is 13.4. The lowest BCUT2D eigenvalue weighted by atomic mass is 9.91. The van der Waals surface area contributed by atoms with Crippen molar-refractivity contribution in [3.63, 3.8) is 0 Å². The van der Waals surface area contributed by atoms with Crippen LogP contribution in [0.15, 0.2) is 52.3 Å². The molecule has 6 nitrogen and oxygen atoms in total. The number of aromatic nitrogens is 1. The first kappa shape index (κ1) is 19.9. The molecule has 2 aromatic carbocycles. The normalized spacial score (nSPS) is 17.5. The number of hydrogen-bond donors (Lipinski definition) is 1. The van der Waals surface area contributed by atoms with Crippen LogP contribution in [-0.4, -0.2) is 34.5 Å². The van der Waals surface area contributed by atoms with E-state index in [-0.39, 0.29) is 11.5 Å². The van der Waals surface area contributed by atoms with E-state index in [1.54, 1.807) is 0 Å². The van der Waals surface area contributed by atoms with Gasteiger partial charge in [-0.2, -0.15) is 0 Å². The van der Waals surface area contributed by atoms with E-state index < -0.39 is 23.5 Å². The van der Waals surface area contributed by atoms with Crippen LogP contribution < -0.4 is 5.56 Å². The van der Waals surface area contributed by atoms with Crippen LogP contribution in [0.2, 0.25) is 0 Å². The first-order valence-electron chi connectivity index (χ1n) is 10.2. The SMILES string of the molecule is COC(=O)[C@@H]1CSc2c(C3CC3)c(Cc3cccc4ccccc34)c(C(=O)O)c(=O)n21.